The molecule has 0 aliphatic rings. The molecular weight excluding hydrogens is 228 g/mol. The van der Waals surface area contributed by atoms with Crippen molar-refractivity contribution in [2.45, 2.75) is 0 Å². The molecule has 0 fully saturated rings. The van der Waals surface area contributed by atoms with Crippen LogP contribution >= 0.6 is 0 Å². The zero-order valence-corrected chi connectivity index (χ0v) is 8.90. The highest BCUT2D eigenvalue weighted by molar-refractivity contribution is 6.19. The number of esters is 1. The molecule has 0 saturated heterocycles. The molecule has 0 saturated carbocycles. The number of phenols is 1. The first-order valence-electron chi connectivity index (χ1n) is 4.29. The van der Waals surface area contributed by atoms with Gasteiger partial charge in [0.05, 0.1) is 7.11 Å². The summed E-state index contributed by atoms with van der Waals surface area (Å²) in [6.45, 7) is 0. The number of phenolic OH excluding ortho intramolecular Hbond substituents is 1. The standard InChI is InChI=1S/C8H8O3.C2H2N2O2/c1-11-8(10)6-4-2-3-5-7(6)9;3-4-1-2(5)6/h2-5,9H,1H3;1H,(H,5,6). The van der Waals surface area contributed by atoms with Gasteiger partial charge in [-0.15, -0.1) is 0 Å². The van der Waals surface area contributed by atoms with Crippen molar-refractivity contribution < 1.29 is 29.3 Å². The van der Waals surface area contributed by atoms with Gasteiger partial charge in [0, 0.05) is 0 Å². The van der Waals surface area contributed by atoms with E-state index in [4.69, 9.17) is 15.7 Å². The third-order valence-electron chi connectivity index (χ3n) is 1.48. The van der Waals surface area contributed by atoms with Gasteiger partial charge >= 0.3 is 18.2 Å². The van der Waals surface area contributed by atoms with Crippen LogP contribution in [0.4, 0.5) is 0 Å². The normalized spacial score (nSPS) is 8.06. The van der Waals surface area contributed by atoms with Gasteiger partial charge in [0.25, 0.3) is 0 Å². The van der Waals surface area contributed by atoms with Gasteiger partial charge < -0.3 is 20.5 Å². The summed E-state index contributed by atoms with van der Waals surface area (Å²) in [6.07, 6.45) is 0.389. The lowest BCUT2D eigenvalue weighted by molar-refractivity contribution is -0.132. The lowest BCUT2D eigenvalue weighted by atomic mass is 10.2. The molecule has 7 heteroatoms. The molecular formula is C10H10N2O5. The quantitative estimate of drug-likeness (QED) is 0.337. The zero-order chi connectivity index (χ0) is 13.3. The minimum atomic E-state index is -1.25. The molecule has 17 heavy (non-hydrogen) atoms. The molecule has 0 amide bonds. The summed E-state index contributed by atoms with van der Waals surface area (Å²) >= 11 is 0. The Bertz CT molecular complexity index is 452. The van der Waals surface area contributed by atoms with Crippen molar-refractivity contribution in [3.05, 3.63) is 35.4 Å². The highest BCUT2D eigenvalue weighted by Gasteiger charge is 2.08. The number of nitrogens with zero attached hydrogens (tertiary/aromatic N) is 2. The van der Waals surface area contributed by atoms with E-state index < -0.39 is 11.9 Å². The van der Waals surface area contributed by atoms with Gasteiger partial charge in [0.2, 0.25) is 0 Å². The number of carboxylic acids is 1. The second-order valence-corrected chi connectivity index (χ2v) is 2.59. The summed E-state index contributed by atoms with van der Waals surface area (Å²) in [4.78, 5) is 22.4. The summed E-state index contributed by atoms with van der Waals surface area (Å²) < 4.78 is 4.42. The average molecular weight is 238 g/mol. The van der Waals surface area contributed by atoms with E-state index in [1.54, 1.807) is 12.1 Å². The van der Waals surface area contributed by atoms with E-state index in [9.17, 15) is 9.59 Å². The molecule has 0 heterocycles. The topological polar surface area (TPSA) is 120 Å². The molecule has 1 aromatic rings. The second kappa shape index (κ2) is 7.61. The SMILES string of the molecule is COC(=O)c1ccccc1O.[N-]=[N+]=CC(=O)O. The number of para-hydroxylation sites is 1. The summed E-state index contributed by atoms with van der Waals surface area (Å²) in [5, 5.41) is 16.7. The molecule has 0 aliphatic heterocycles. The molecule has 0 aliphatic carbocycles. The Balaban J connectivity index is 0.000000366. The summed E-state index contributed by atoms with van der Waals surface area (Å²) in [7, 11) is 1.27. The average Bonchev–Trinajstić information content (AvgIpc) is 2.29. The van der Waals surface area contributed by atoms with Gasteiger partial charge in [0.15, 0.2) is 0 Å². The van der Waals surface area contributed by atoms with Crippen LogP contribution < -0.4 is 0 Å². The first kappa shape index (κ1) is 14.3. The maximum absolute atomic E-state index is 10.9. The van der Waals surface area contributed by atoms with Gasteiger partial charge in [-0.1, -0.05) is 12.1 Å². The van der Waals surface area contributed by atoms with Crippen LogP contribution in [0.25, 0.3) is 5.53 Å². The lowest BCUT2D eigenvalue weighted by Crippen LogP contribution is -2.00. The molecule has 0 atom stereocenters. The van der Waals surface area contributed by atoms with Crippen LogP contribution in [-0.4, -0.2) is 40.3 Å². The minimum Gasteiger partial charge on any atom is -0.507 e. The Kier molecular flexibility index (Phi) is 6.42. The summed E-state index contributed by atoms with van der Waals surface area (Å²) in [6, 6.07) is 6.24. The van der Waals surface area contributed by atoms with E-state index in [1.165, 1.54) is 19.2 Å². The van der Waals surface area contributed by atoms with Crippen molar-refractivity contribution >= 4 is 18.2 Å². The van der Waals surface area contributed by atoms with Gasteiger partial charge in [-0.05, 0) is 12.1 Å². The summed E-state index contributed by atoms with van der Waals surface area (Å²) in [5.74, 6) is -1.83. The fourth-order valence-electron chi connectivity index (χ4n) is 0.806. The van der Waals surface area contributed by atoms with Crippen LogP contribution in [-0.2, 0) is 9.53 Å². The number of hydrogen-bond acceptors (Lipinski definition) is 4. The third kappa shape index (κ3) is 5.71. The first-order valence-corrected chi connectivity index (χ1v) is 4.29. The number of carbonyl (C=O) groups excluding carboxylic acids is 1. The molecule has 0 spiro atoms. The number of carbonyl (C=O) groups is 2. The Hall–Kier alpha value is -2.66. The highest BCUT2D eigenvalue weighted by atomic mass is 16.5. The number of aromatic hydroxyl groups is 1. The molecule has 0 aromatic heterocycles. The first-order chi connectivity index (χ1) is 8.02. The molecule has 0 unspecified atom stereocenters. The van der Waals surface area contributed by atoms with E-state index in [0.29, 0.717) is 6.21 Å². The number of aliphatic carboxylic acids is 1. The lowest BCUT2D eigenvalue weighted by Gasteiger charge is -1.99. The molecule has 90 valence electrons. The molecule has 1 rings (SSSR count). The molecule has 2 N–H and O–H groups in total. The summed E-state index contributed by atoms with van der Waals surface area (Å²) in [5.41, 5.74) is 7.62. The van der Waals surface area contributed by atoms with Crippen LogP contribution in [0.5, 0.6) is 5.75 Å². The Morgan fingerprint density at radius 2 is 2.00 bits per heavy atom. The fraction of sp³-hybridized carbons (Fsp3) is 0.100. The van der Waals surface area contributed by atoms with Gasteiger partial charge in [-0.25, -0.2) is 9.59 Å². The van der Waals surface area contributed by atoms with Gasteiger partial charge in [0.1, 0.15) is 11.3 Å². The monoisotopic (exact) mass is 238 g/mol. The van der Waals surface area contributed by atoms with Crippen molar-refractivity contribution in [1.82, 2.24) is 0 Å². The van der Waals surface area contributed by atoms with Crippen LogP contribution in [0, 0.1) is 0 Å². The van der Waals surface area contributed by atoms with Crippen LogP contribution in [0.3, 0.4) is 0 Å². The maximum Gasteiger partial charge on any atom is 0.411 e. The predicted octanol–water partition coefficient (Wildman–Crippen LogP) is 0.550. The molecule has 7 nitrogen and oxygen atoms in total. The minimum absolute atomic E-state index is 0.0562. The van der Waals surface area contributed by atoms with Crippen molar-refractivity contribution in [3.63, 3.8) is 0 Å². The molecule has 0 bridgehead atoms. The van der Waals surface area contributed by atoms with E-state index in [1.807, 2.05) is 0 Å². The number of carboxylic acid groups (broad SMARTS) is 1. The van der Waals surface area contributed by atoms with E-state index in [2.05, 4.69) is 9.53 Å². The van der Waals surface area contributed by atoms with Crippen LogP contribution in [0.1, 0.15) is 10.4 Å². The Morgan fingerprint density at radius 1 is 1.41 bits per heavy atom. The molecule has 0 radical (unpaired) electrons. The maximum atomic E-state index is 10.9. The van der Waals surface area contributed by atoms with Crippen molar-refractivity contribution in [2.24, 2.45) is 0 Å². The van der Waals surface area contributed by atoms with Crippen LogP contribution in [0.15, 0.2) is 24.3 Å². The van der Waals surface area contributed by atoms with E-state index in [-0.39, 0.29) is 11.3 Å². The van der Waals surface area contributed by atoms with Crippen LogP contribution in [0.2, 0.25) is 0 Å². The predicted molar refractivity (Wildman–Crippen MR) is 56.8 cm³/mol. The number of benzene rings is 1. The van der Waals surface area contributed by atoms with Gasteiger partial charge in [-0.3, -0.25) is 0 Å². The fourth-order valence-corrected chi connectivity index (χ4v) is 0.806. The van der Waals surface area contributed by atoms with Crippen molar-refractivity contribution in [1.29, 1.82) is 0 Å². The Morgan fingerprint density at radius 3 is 2.35 bits per heavy atom. The largest absolute Gasteiger partial charge is 0.507 e. The molecule has 1 aromatic carbocycles. The van der Waals surface area contributed by atoms with E-state index in [0.717, 1.165) is 0 Å². The smallest absolute Gasteiger partial charge is 0.411 e. The highest BCUT2D eigenvalue weighted by Crippen LogP contribution is 2.15. The third-order valence-corrected chi connectivity index (χ3v) is 1.48. The Labute approximate surface area is 96.5 Å². The number of hydrogen-bond donors (Lipinski definition) is 2. The van der Waals surface area contributed by atoms with Crippen molar-refractivity contribution in [2.75, 3.05) is 7.11 Å². The zero-order valence-electron chi connectivity index (χ0n) is 8.90. The van der Waals surface area contributed by atoms with Crippen molar-refractivity contribution in [3.8, 4) is 5.75 Å². The second-order valence-electron chi connectivity index (χ2n) is 2.59. The number of rotatable bonds is 2. The van der Waals surface area contributed by atoms with E-state index >= 15 is 0 Å². The number of methoxy groups -OCH3 is 1. The van der Waals surface area contributed by atoms with Gasteiger partial charge in [-0.2, -0.15) is 4.79 Å². The number of ether oxygens (including phenoxy) is 1.